The topological polar surface area (TPSA) is 101 Å². The Balaban J connectivity index is 1.59. The Labute approximate surface area is 127 Å². The van der Waals surface area contributed by atoms with Gasteiger partial charge in [0.2, 0.25) is 0 Å². The summed E-state index contributed by atoms with van der Waals surface area (Å²) in [6.45, 7) is 1.71. The lowest BCUT2D eigenvalue weighted by molar-refractivity contribution is -0.0762. The first-order chi connectivity index (χ1) is 10.7. The highest BCUT2D eigenvalue weighted by Gasteiger charge is 2.39. The van der Waals surface area contributed by atoms with E-state index in [1.54, 1.807) is 6.07 Å². The van der Waals surface area contributed by atoms with Crippen LogP contribution in [0.2, 0.25) is 0 Å². The van der Waals surface area contributed by atoms with Crippen molar-refractivity contribution >= 4 is 0 Å². The van der Waals surface area contributed by atoms with Crippen LogP contribution in [0.3, 0.4) is 0 Å². The van der Waals surface area contributed by atoms with Crippen molar-refractivity contribution in [3.8, 4) is 0 Å². The highest BCUT2D eigenvalue weighted by Crippen LogP contribution is 2.23. The SMILES string of the molecule is OCCc1cc(CC2(NCc3ccc(CO)o3)COC2)no1. The van der Waals surface area contributed by atoms with Gasteiger partial charge >= 0.3 is 0 Å². The summed E-state index contributed by atoms with van der Waals surface area (Å²) in [5.41, 5.74) is 0.661. The zero-order valence-corrected chi connectivity index (χ0v) is 12.2. The Morgan fingerprint density at radius 2 is 2.00 bits per heavy atom. The van der Waals surface area contributed by atoms with Gasteiger partial charge in [0.15, 0.2) is 0 Å². The molecule has 120 valence electrons. The van der Waals surface area contributed by atoms with Gasteiger partial charge in [-0.2, -0.15) is 0 Å². The van der Waals surface area contributed by atoms with Crippen molar-refractivity contribution in [1.29, 1.82) is 0 Å². The zero-order chi connectivity index (χ0) is 15.4. The van der Waals surface area contributed by atoms with Crippen molar-refractivity contribution in [2.45, 2.75) is 31.5 Å². The van der Waals surface area contributed by atoms with E-state index < -0.39 is 0 Å². The summed E-state index contributed by atoms with van der Waals surface area (Å²) in [4.78, 5) is 0. The van der Waals surface area contributed by atoms with Gasteiger partial charge in [-0.3, -0.25) is 5.32 Å². The molecule has 0 aromatic carbocycles. The second kappa shape index (κ2) is 6.62. The lowest BCUT2D eigenvalue weighted by atomic mass is 9.91. The van der Waals surface area contributed by atoms with E-state index in [0.29, 0.717) is 44.1 Å². The number of ether oxygens (including phenoxy) is 1. The highest BCUT2D eigenvalue weighted by molar-refractivity contribution is 5.13. The molecule has 1 saturated heterocycles. The molecule has 7 nitrogen and oxygen atoms in total. The van der Waals surface area contributed by atoms with Crippen LogP contribution in [0.4, 0.5) is 0 Å². The molecule has 0 aliphatic carbocycles. The minimum Gasteiger partial charge on any atom is -0.462 e. The summed E-state index contributed by atoms with van der Waals surface area (Å²) >= 11 is 0. The Morgan fingerprint density at radius 1 is 1.18 bits per heavy atom. The third-order valence-corrected chi connectivity index (χ3v) is 3.75. The predicted molar refractivity (Wildman–Crippen MR) is 76.0 cm³/mol. The number of aliphatic hydroxyl groups is 2. The average Bonchev–Trinajstić information content (AvgIpc) is 3.11. The third kappa shape index (κ3) is 3.38. The van der Waals surface area contributed by atoms with Crippen molar-refractivity contribution in [2.24, 2.45) is 0 Å². The second-order valence-electron chi connectivity index (χ2n) is 5.59. The van der Waals surface area contributed by atoms with Gasteiger partial charge in [0, 0.05) is 18.9 Å². The molecule has 22 heavy (non-hydrogen) atoms. The Hall–Kier alpha value is -1.67. The molecular formula is C15H20N2O5. The van der Waals surface area contributed by atoms with Crippen LogP contribution in [-0.4, -0.2) is 40.7 Å². The summed E-state index contributed by atoms with van der Waals surface area (Å²) < 4.78 is 16.0. The first-order valence-electron chi connectivity index (χ1n) is 7.29. The van der Waals surface area contributed by atoms with Gasteiger partial charge in [0.05, 0.1) is 37.6 Å². The van der Waals surface area contributed by atoms with Crippen LogP contribution < -0.4 is 5.32 Å². The first kappa shape index (κ1) is 15.2. The van der Waals surface area contributed by atoms with Crippen molar-refractivity contribution in [1.82, 2.24) is 10.5 Å². The number of aliphatic hydroxyl groups excluding tert-OH is 2. The minimum absolute atomic E-state index is 0.0484. The van der Waals surface area contributed by atoms with Crippen molar-refractivity contribution in [3.05, 3.63) is 41.2 Å². The summed E-state index contributed by atoms with van der Waals surface area (Å²) in [5.74, 6) is 2.02. The molecule has 0 atom stereocenters. The molecule has 1 aliphatic heterocycles. The van der Waals surface area contributed by atoms with E-state index >= 15 is 0 Å². The second-order valence-corrected chi connectivity index (χ2v) is 5.59. The third-order valence-electron chi connectivity index (χ3n) is 3.75. The fourth-order valence-corrected chi connectivity index (χ4v) is 2.51. The van der Waals surface area contributed by atoms with E-state index in [1.807, 2.05) is 12.1 Å². The molecule has 7 heteroatoms. The highest BCUT2D eigenvalue weighted by atomic mass is 16.5. The number of aromatic nitrogens is 1. The molecule has 0 unspecified atom stereocenters. The van der Waals surface area contributed by atoms with Crippen LogP contribution in [0.15, 0.2) is 27.1 Å². The van der Waals surface area contributed by atoms with Crippen LogP contribution in [0.5, 0.6) is 0 Å². The summed E-state index contributed by atoms with van der Waals surface area (Å²) in [7, 11) is 0. The maximum Gasteiger partial charge on any atom is 0.139 e. The standard InChI is InChI=1S/C15H20N2O5/c18-4-3-12-5-11(17-22-12)6-15(9-20-10-15)16-7-13-1-2-14(8-19)21-13/h1-2,5,16,18-19H,3-4,6-10H2. The van der Waals surface area contributed by atoms with E-state index in [0.717, 1.165) is 11.5 Å². The smallest absolute Gasteiger partial charge is 0.139 e. The molecule has 0 bridgehead atoms. The van der Waals surface area contributed by atoms with Gasteiger partial charge < -0.3 is 23.9 Å². The van der Waals surface area contributed by atoms with Crippen molar-refractivity contribution in [2.75, 3.05) is 19.8 Å². The fourth-order valence-electron chi connectivity index (χ4n) is 2.51. The molecule has 0 radical (unpaired) electrons. The predicted octanol–water partition coefficient (Wildman–Crippen LogP) is 0.396. The number of nitrogens with zero attached hydrogens (tertiary/aromatic N) is 1. The first-order valence-corrected chi connectivity index (χ1v) is 7.29. The quantitative estimate of drug-likeness (QED) is 0.648. The molecule has 1 aliphatic rings. The van der Waals surface area contributed by atoms with Gasteiger partial charge in [-0.15, -0.1) is 0 Å². The number of nitrogens with one attached hydrogen (secondary N) is 1. The molecule has 0 amide bonds. The normalized spacial score (nSPS) is 16.6. The lowest BCUT2D eigenvalue weighted by Gasteiger charge is -2.41. The van der Waals surface area contributed by atoms with E-state index in [9.17, 15) is 0 Å². The van der Waals surface area contributed by atoms with Gasteiger partial charge in [-0.1, -0.05) is 5.16 Å². The van der Waals surface area contributed by atoms with E-state index in [4.69, 9.17) is 23.9 Å². The maximum atomic E-state index is 9.01. The van der Waals surface area contributed by atoms with Crippen LogP contribution >= 0.6 is 0 Å². The molecule has 3 rings (SSSR count). The van der Waals surface area contributed by atoms with Gasteiger partial charge in [-0.05, 0) is 12.1 Å². The summed E-state index contributed by atoms with van der Waals surface area (Å²) in [6.07, 6.45) is 1.16. The van der Waals surface area contributed by atoms with Gasteiger partial charge in [-0.25, -0.2) is 0 Å². The van der Waals surface area contributed by atoms with Crippen LogP contribution in [0.1, 0.15) is 23.0 Å². The average molecular weight is 308 g/mol. The number of hydrogen-bond acceptors (Lipinski definition) is 7. The van der Waals surface area contributed by atoms with Gasteiger partial charge in [0.25, 0.3) is 0 Å². The van der Waals surface area contributed by atoms with Gasteiger partial charge in [0.1, 0.15) is 23.9 Å². The molecule has 0 spiro atoms. The lowest BCUT2D eigenvalue weighted by Crippen LogP contribution is -2.61. The van der Waals surface area contributed by atoms with Crippen molar-refractivity contribution < 1.29 is 23.9 Å². The summed E-state index contributed by atoms with van der Waals surface area (Å²) in [6, 6.07) is 5.48. The molecule has 1 fully saturated rings. The van der Waals surface area contributed by atoms with Crippen LogP contribution in [-0.2, 0) is 30.7 Å². The Kier molecular flexibility index (Phi) is 4.58. The Bertz CT molecular complexity index is 603. The van der Waals surface area contributed by atoms with E-state index in [1.165, 1.54) is 0 Å². The largest absolute Gasteiger partial charge is 0.462 e. The zero-order valence-electron chi connectivity index (χ0n) is 12.2. The fraction of sp³-hybridized carbons (Fsp3) is 0.533. The molecule has 3 N–H and O–H groups in total. The molecular weight excluding hydrogens is 288 g/mol. The number of hydrogen-bond donors (Lipinski definition) is 3. The number of furan rings is 1. The molecule has 2 aromatic heterocycles. The van der Waals surface area contributed by atoms with Crippen LogP contribution in [0, 0.1) is 0 Å². The Morgan fingerprint density at radius 3 is 2.64 bits per heavy atom. The molecule has 3 heterocycles. The summed E-state index contributed by atoms with van der Waals surface area (Å²) in [5, 5.41) is 25.4. The van der Waals surface area contributed by atoms with E-state index in [-0.39, 0.29) is 18.8 Å². The number of rotatable bonds is 8. The van der Waals surface area contributed by atoms with Crippen molar-refractivity contribution in [3.63, 3.8) is 0 Å². The molecule has 0 saturated carbocycles. The van der Waals surface area contributed by atoms with E-state index in [2.05, 4.69) is 10.5 Å². The monoisotopic (exact) mass is 308 g/mol. The minimum atomic E-state index is -0.181. The molecule has 2 aromatic rings. The maximum absolute atomic E-state index is 9.01. The van der Waals surface area contributed by atoms with Crippen LogP contribution in [0.25, 0.3) is 0 Å².